The second-order valence-corrected chi connectivity index (χ2v) is 5.14. The van der Waals surface area contributed by atoms with Crippen LogP contribution in [0.1, 0.15) is 30.0 Å². The third-order valence-electron chi connectivity index (χ3n) is 3.65. The first kappa shape index (κ1) is 13.2. The van der Waals surface area contributed by atoms with Crippen LogP contribution in [-0.4, -0.2) is 21.2 Å². The predicted octanol–water partition coefficient (Wildman–Crippen LogP) is 3.05. The molecule has 0 spiro atoms. The fourth-order valence-electron chi connectivity index (χ4n) is 2.75. The molecule has 0 unspecified atom stereocenters. The molecule has 3 rings (SSSR count). The normalized spacial score (nSPS) is 19.6. The van der Waals surface area contributed by atoms with Crippen LogP contribution in [0.2, 0.25) is 0 Å². The molecule has 0 aliphatic carbocycles. The first-order chi connectivity index (χ1) is 9.63. The Morgan fingerprint density at radius 3 is 2.95 bits per heavy atom. The molecule has 1 aliphatic heterocycles. The van der Waals surface area contributed by atoms with Gasteiger partial charge in [0.05, 0.1) is 12.7 Å². The fraction of sp³-hybridized carbons (Fsp3) is 0.333. The molecule has 0 bridgehead atoms. The van der Waals surface area contributed by atoms with Crippen LogP contribution >= 0.6 is 0 Å². The van der Waals surface area contributed by atoms with Gasteiger partial charge in [0.2, 0.25) is 0 Å². The fourth-order valence-corrected chi connectivity index (χ4v) is 2.75. The zero-order valence-electron chi connectivity index (χ0n) is 11.3. The summed E-state index contributed by atoms with van der Waals surface area (Å²) in [6.07, 6.45) is 5.46. The molecular formula is C15H16F2N3. The Morgan fingerprint density at radius 2 is 2.20 bits per heavy atom. The van der Waals surface area contributed by atoms with E-state index < -0.39 is 5.82 Å². The summed E-state index contributed by atoms with van der Waals surface area (Å²) in [6, 6.07) is 3.55. The molecule has 0 amide bonds. The number of nitrogens with zero attached hydrogens (tertiary/aromatic N) is 3. The van der Waals surface area contributed by atoms with E-state index in [1.54, 1.807) is 10.9 Å². The lowest BCUT2D eigenvalue weighted by atomic mass is 10.0. The van der Waals surface area contributed by atoms with E-state index in [1.165, 1.54) is 12.1 Å². The lowest BCUT2D eigenvalue weighted by Gasteiger charge is -2.24. The topological polar surface area (TPSA) is 21.1 Å². The van der Waals surface area contributed by atoms with Gasteiger partial charge in [-0.3, -0.25) is 9.58 Å². The molecule has 20 heavy (non-hydrogen) atoms. The molecule has 1 aliphatic rings. The highest BCUT2D eigenvalue weighted by Crippen LogP contribution is 2.35. The Bertz CT molecular complexity index is 609. The van der Waals surface area contributed by atoms with Gasteiger partial charge in [-0.05, 0) is 37.6 Å². The lowest BCUT2D eigenvalue weighted by molar-refractivity contribution is 0.318. The first-order valence-corrected chi connectivity index (χ1v) is 6.68. The van der Waals surface area contributed by atoms with Crippen molar-refractivity contribution in [2.24, 2.45) is 7.05 Å². The van der Waals surface area contributed by atoms with E-state index in [9.17, 15) is 8.78 Å². The SMILES string of the molecule is Cn1cc([CH]N2CCC[C@@H]2c2cc(F)ccc2F)cn1. The standard InChI is InChI=1S/C15H16F2N3/c1-19-9-11(8-18-19)10-20-6-2-3-15(20)13-7-12(16)4-5-14(13)17/h4-5,7-10,15H,2-3,6H2,1H3/t15-/m1/s1. The summed E-state index contributed by atoms with van der Waals surface area (Å²) in [5.41, 5.74) is 1.40. The van der Waals surface area contributed by atoms with Crippen LogP contribution in [0.15, 0.2) is 30.6 Å². The summed E-state index contributed by atoms with van der Waals surface area (Å²) >= 11 is 0. The van der Waals surface area contributed by atoms with Gasteiger partial charge in [-0.2, -0.15) is 5.10 Å². The second kappa shape index (κ2) is 5.32. The minimum atomic E-state index is -0.394. The summed E-state index contributed by atoms with van der Waals surface area (Å²) in [5, 5.41) is 4.11. The summed E-state index contributed by atoms with van der Waals surface area (Å²) < 4.78 is 29.0. The van der Waals surface area contributed by atoms with Crippen molar-refractivity contribution < 1.29 is 8.78 Å². The molecule has 1 aromatic heterocycles. The van der Waals surface area contributed by atoms with E-state index in [2.05, 4.69) is 10.00 Å². The van der Waals surface area contributed by atoms with Crippen LogP contribution < -0.4 is 0 Å². The van der Waals surface area contributed by atoms with Crippen molar-refractivity contribution in [1.29, 1.82) is 0 Å². The summed E-state index contributed by atoms with van der Waals surface area (Å²) in [6.45, 7) is 2.81. The molecule has 0 N–H and O–H groups in total. The number of aromatic nitrogens is 2. The largest absolute Gasteiger partial charge is 0.287 e. The number of rotatable bonds is 3. The van der Waals surface area contributed by atoms with E-state index in [0.717, 1.165) is 31.0 Å². The van der Waals surface area contributed by atoms with Gasteiger partial charge in [0.25, 0.3) is 0 Å². The molecule has 1 saturated heterocycles. The number of hydrogen-bond donors (Lipinski definition) is 0. The van der Waals surface area contributed by atoms with Gasteiger partial charge in [-0.15, -0.1) is 0 Å². The molecule has 1 atom stereocenters. The molecule has 1 aromatic carbocycles. The molecule has 3 nitrogen and oxygen atoms in total. The molecule has 2 aromatic rings. The molecule has 0 saturated carbocycles. The number of likely N-dealkylation sites (tertiary alicyclic amines) is 1. The van der Waals surface area contributed by atoms with Crippen LogP contribution in [0.4, 0.5) is 8.78 Å². The smallest absolute Gasteiger partial charge is 0.128 e. The first-order valence-electron chi connectivity index (χ1n) is 6.68. The summed E-state index contributed by atoms with van der Waals surface area (Å²) in [7, 11) is 1.85. The Labute approximate surface area is 116 Å². The second-order valence-electron chi connectivity index (χ2n) is 5.14. The minimum Gasteiger partial charge on any atom is -0.287 e. The zero-order valence-corrected chi connectivity index (χ0v) is 11.3. The van der Waals surface area contributed by atoms with Crippen LogP contribution in [0.25, 0.3) is 0 Å². The quantitative estimate of drug-likeness (QED) is 0.859. The van der Waals surface area contributed by atoms with Crippen molar-refractivity contribution in [3.8, 4) is 0 Å². The predicted molar refractivity (Wildman–Crippen MR) is 71.6 cm³/mol. The maximum Gasteiger partial charge on any atom is 0.128 e. The van der Waals surface area contributed by atoms with Crippen LogP contribution in [0.5, 0.6) is 0 Å². The van der Waals surface area contributed by atoms with Crippen LogP contribution in [0.3, 0.4) is 0 Å². The van der Waals surface area contributed by atoms with Crippen LogP contribution in [0, 0.1) is 18.2 Å². The lowest BCUT2D eigenvalue weighted by Crippen LogP contribution is -2.21. The zero-order chi connectivity index (χ0) is 14.1. The van der Waals surface area contributed by atoms with E-state index in [1.807, 2.05) is 19.8 Å². The van der Waals surface area contributed by atoms with E-state index in [-0.39, 0.29) is 11.9 Å². The Hall–Kier alpha value is -1.75. The van der Waals surface area contributed by atoms with Gasteiger partial charge in [0.1, 0.15) is 11.6 Å². The average molecular weight is 276 g/mol. The third kappa shape index (κ3) is 2.58. The van der Waals surface area contributed by atoms with E-state index >= 15 is 0 Å². The number of hydrogen-bond acceptors (Lipinski definition) is 2. The molecule has 1 fully saturated rings. The Balaban J connectivity index is 1.83. The van der Waals surface area contributed by atoms with Gasteiger partial charge < -0.3 is 0 Å². The Kier molecular flexibility index (Phi) is 3.53. The van der Waals surface area contributed by atoms with Gasteiger partial charge >= 0.3 is 0 Å². The van der Waals surface area contributed by atoms with Gasteiger partial charge in [-0.25, -0.2) is 8.78 Å². The molecule has 1 radical (unpaired) electrons. The minimum absolute atomic E-state index is 0.106. The van der Waals surface area contributed by atoms with Crippen molar-refractivity contribution >= 4 is 0 Å². The number of benzene rings is 1. The average Bonchev–Trinajstić information content (AvgIpc) is 3.02. The summed E-state index contributed by atoms with van der Waals surface area (Å²) in [4.78, 5) is 2.06. The number of aryl methyl sites for hydroxylation is 1. The third-order valence-corrected chi connectivity index (χ3v) is 3.65. The van der Waals surface area contributed by atoms with Gasteiger partial charge in [0.15, 0.2) is 0 Å². The van der Waals surface area contributed by atoms with Crippen molar-refractivity contribution in [1.82, 2.24) is 14.7 Å². The van der Waals surface area contributed by atoms with Crippen molar-refractivity contribution in [2.45, 2.75) is 18.9 Å². The van der Waals surface area contributed by atoms with E-state index in [4.69, 9.17) is 0 Å². The monoisotopic (exact) mass is 276 g/mol. The highest BCUT2D eigenvalue weighted by atomic mass is 19.1. The molecular weight excluding hydrogens is 260 g/mol. The van der Waals surface area contributed by atoms with Crippen molar-refractivity contribution in [2.75, 3.05) is 6.54 Å². The highest BCUT2D eigenvalue weighted by molar-refractivity contribution is 5.25. The highest BCUT2D eigenvalue weighted by Gasteiger charge is 2.28. The van der Waals surface area contributed by atoms with E-state index in [0.29, 0.717) is 5.56 Å². The van der Waals surface area contributed by atoms with Crippen molar-refractivity contribution in [3.63, 3.8) is 0 Å². The van der Waals surface area contributed by atoms with Gasteiger partial charge in [-0.1, -0.05) is 0 Å². The van der Waals surface area contributed by atoms with Crippen LogP contribution in [-0.2, 0) is 7.05 Å². The van der Waals surface area contributed by atoms with Gasteiger partial charge in [0, 0.05) is 30.4 Å². The maximum absolute atomic E-state index is 13.9. The summed E-state index contributed by atoms with van der Waals surface area (Å²) in [5.74, 6) is -0.738. The molecule has 2 heterocycles. The number of halogens is 2. The maximum atomic E-state index is 13.9. The molecule has 5 heteroatoms. The Morgan fingerprint density at radius 1 is 1.35 bits per heavy atom. The molecule has 105 valence electrons. The van der Waals surface area contributed by atoms with Crippen molar-refractivity contribution in [3.05, 3.63) is 59.9 Å².